The van der Waals surface area contributed by atoms with Crippen molar-refractivity contribution in [2.75, 3.05) is 10.5 Å². The van der Waals surface area contributed by atoms with Crippen LogP contribution < -0.4 is 4.72 Å². The van der Waals surface area contributed by atoms with Crippen molar-refractivity contribution in [3.05, 3.63) is 29.6 Å². The van der Waals surface area contributed by atoms with Crippen molar-refractivity contribution in [3.63, 3.8) is 0 Å². The summed E-state index contributed by atoms with van der Waals surface area (Å²) in [6, 6.07) is 3.96. The summed E-state index contributed by atoms with van der Waals surface area (Å²) in [7, 11) is -3.29. The van der Waals surface area contributed by atoms with Crippen LogP contribution in [0, 0.1) is 12.7 Å². The van der Waals surface area contributed by atoms with Crippen molar-refractivity contribution < 1.29 is 12.8 Å². The van der Waals surface area contributed by atoms with E-state index in [0.717, 1.165) is 0 Å². The van der Waals surface area contributed by atoms with Gasteiger partial charge in [0.25, 0.3) is 0 Å². The molecule has 0 aliphatic carbocycles. The predicted molar refractivity (Wildman–Crippen MR) is 58.8 cm³/mol. The van der Waals surface area contributed by atoms with Crippen LogP contribution >= 0.6 is 0 Å². The summed E-state index contributed by atoms with van der Waals surface area (Å²) in [6.45, 7) is 3.45. The molecule has 1 aromatic rings. The first-order valence-electron chi connectivity index (χ1n) is 4.71. The third-order valence-corrected chi connectivity index (χ3v) is 3.40. The van der Waals surface area contributed by atoms with Gasteiger partial charge in [0.15, 0.2) is 0 Å². The summed E-state index contributed by atoms with van der Waals surface area (Å²) < 4.78 is 38.0. The number of nitrogens with one attached hydrogen (secondary N) is 1. The molecule has 0 spiro atoms. The van der Waals surface area contributed by atoms with Crippen LogP contribution in [0.15, 0.2) is 18.2 Å². The molecule has 0 amide bonds. The number of hydrogen-bond acceptors (Lipinski definition) is 2. The average Bonchev–Trinajstić information content (AvgIpc) is 2.09. The van der Waals surface area contributed by atoms with E-state index in [2.05, 4.69) is 4.72 Å². The number of hydrogen-bond donors (Lipinski definition) is 1. The minimum atomic E-state index is -3.29. The normalized spacial score (nSPS) is 11.4. The molecule has 0 aliphatic heterocycles. The monoisotopic (exact) mass is 231 g/mol. The van der Waals surface area contributed by atoms with Gasteiger partial charge >= 0.3 is 0 Å². The molecule has 15 heavy (non-hydrogen) atoms. The smallest absolute Gasteiger partial charge is 0.232 e. The molecular formula is C10H14FNO2S. The van der Waals surface area contributed by atoms with E-state index < -0.39 is 10.0 Å². The molecule has 3 nitrogen and oxygen atoms in total. The molecule has 1 aromatic carbocycles. The molecule has 0 bridgehead atoms. The van der Waals surface area contributed by atoms with E-state index >= 15 is 0 Å². The highest BCUT2D eigenvalue weighted by atomic mass is 32.2. The quantitative estimate of drug-likeness (QED) is 0.864. The van der Waals surface area contributed by atoms with Crippen LogP contribution in [0.3, 0.4) is 0 Å². The molecule has 1 rings (SSSR count). The summed E-state index contributed by atoms with van der Waals surface area (Å²) in [5.41, 5.74) is 1.01. The van der Waals surface area contributed by atoms with Crippen molar-refractivity contribution in [1.29, 1.82) is 0 Å². The van der Waals surface area contributed by atoms with Gasteiger partial charge in [-0.2, -0.15) is 0 Å². The third-order valence-electron chi connectivity index (χ3n) is 1.93. The number of sulfonamides is 1. The van der Waals surface area contributed by atoms with E-state index in [0.29, 0.717) is 17.7 Å². The maximum absolute atomic E-state index is 12.8. The van der Waals surface area contributed by atoms with Crippen LogP contribution in [0.1, 0.15) is 18.9 Å². The molecule has 0 aliphatic rings. The summed E-state index contributed by atoms with van der Waals surface area (Å²) in [4.78, 5) is 0. The van der Waals surface area contributed by atoms with Gasteiger partial charge in [0.1, 0.15) is 5.82 Å². The van der Waals surface area contributed by atoms with Crippen LogP contribution in [0.25, 0.3) is 0 Å². The highest BCUT2D eigenvalue weighted by Crippen LogP contribution is 2.17. The molecule has 0 saturated carbocycles. The maximum atomic E-state index is 12.8. The van der Waals surface area contributed by atoms with Crippen LogP contribution in [0.4, 0.5) is 10.1 Å². The largest absolute Gasteiger partial charge is 0.283 e. The summed E-state index contributed by atoms with van der Waals surface area (Å²) in [5, 5.41) is 0. The minimum Gasteiger partial charge on any atom is -0.283 e. The third kappa shape index (κ3) is 3.51. The fourth-order valence-corrected chi connectivity index (χ4v) is 2.43. The number of rotatable bonds is 4. The van der Waals surface area contributed by atoms with Gasteiger partial charge in [0.05, 0.1) is 11.4 Å². The van der Waals surface area contributed by atoms with E-state index in [9.17, 15) is 12.8 Å². The van der Waals surface area contributed by atoms with Crippen molar-refractivity contribution >= 4 is 15.7 Å². The summed E-state index contributed by atoms with van der Waals surface area (Å²) >= 11 is 0. The molecule has 1 N–H and O–H groups in total. The van der Waals surface area contributed by atoms with Gasteiger partial charge in [-0.1, -0.05) is 6.92 Å². The zero-order chi connectivity index (χ0) is 11.5. The zero-order valence-electron chi connectivity index (χ0n) is 8.75. The van der Waals surface area contributed by atoms with Crippen LogP contribution in [-0.2, 0) is 10.0 Å². The fraction of sp³-hybridized carbons (Fsp3) is 0.400. The predicted octanol–water partition coefficient (Wildman–Crippen LogP) is 2.29. The molecule has 0 fully saturated rings. The van der Waals surface area contributed by atoms with Crippen LogP contribution in [0.5, 0.6) is 0 Å². The Labute approximate surface area is 89.4 Å². The highest BCUT2D eigenvalue weighted by Gasteiger charge is 2.10. The zero-order valence-corrected chi connectivity index (χ0v) is 9.57. The molecule has 0 aromatic heterocycles. The summed E-state index contributed by atoms with van der Waals surface area (Å²) in [6.07, 6.45) is 0.551. The Bertz CT molecular complexity index is 443. The van der Waals surface area contributed by atoms with E-state index in [1.54, 1.807) is 13.8 Å². The molecular weight excluding hydrogens is 217 g/mol. The van der Waals surface area contributed by atoms with E-state index in [4.69, 9.17) is 0 Å². The molecule has 5 heteroatoms. The van der Waals surface area contributed by atoms with Crippen LogP contribution in [-0.4, -0.2) is 14.2 Å². The number of anilines is 1. The van der Waals surface area contributed by atoms with Gasteiger partial charge in [-0.05, 0) is 37.1 Å². The topological polar surface area (TPSA) is 46.2 Å². The van der Waals surface area contributed by atoms with Gasteiger partial charge in [-0.15, -0.1) is 0 Å². The van der Waals surface area contributed by atoms with E-state index in [1.807, 2.05) is 0 Å². The Balaban J connectivity index is 2.90. The van der Waals surface area contributed by atoms with Gasteiger partial charge in [0.2, 0.25) is 10.0 Å². The Morgan fingerprint density at radius 2 is 2.07 bits per heavy atom. The number of halogens is 1. The second kappa shape index (κ2) is 4.61. The first kappa shape index (κ1) is 12.0. The second-order valence-electron chi connectivity index (χ2n) is 3.38. The lowest BCUT2D eigenvalue weighted by molar-refractivity contribution is 0.599. The molecule has 0 heterocycles. The Morgan fingerprint density at radius 1 is 1.40 bits per heavy atom. The van der Waals surface area contributed by atoms with Gasteiger partial charge in [-0.25, -0.2) is 12.8 Å². The molecule has 0 unspecified atom stereocenters. The van der Waals surface area contributed by atoms with Crippen molar-refractivity contribution in [3.8, 4) is 0 Å². The standard InChI is InChI=1S/C10H14FNO2S/c1-3-6-15(13,14)12-10-5-4-9(11)7-8(10)2/h4-5,7,12H,3,6H2,1-2H3. The minimum absolute atomic E-state index is 0.0732. The lowest BCUT2D eigenvalue weighted by Gasteiger charge is -2.09. The van der Waals surface area contributed by atoms with Crippen molar-refractivity contribution in [2.24, 2.45) is 0 Å². The maximum Gasteiger partial charge on any atom is 0.232 e. The molecule has 84 valence electrons. The van der Waals surface area contributed by atoms with Gasteiger partial charge in [0, 0.05) is 0 Å². The summed E-state index contributed by atoms with van der Waals surface area (Å²) in [5.74, 6) is -0.296. The molecule has 0 saturated heterocycles. The first-order valence-corrected chi connectivity index (χ1v) is 6.36. The van der Waals surface area contributed by atoms with E-state index in [-0.39, 0.29) is 11.6 Å². The molecule has 0 radical (unpaired) electrons. The molecule has 0 atom stereocenters. The lowest BCUT2D eigenvalue weighted by Crippen LogP contribution is -2.16. The number of aryl methyl sites for hydroxylation is 1. The van der Waals surface area contributed by atoms with Crippen LogP contribution in [0.2, 0.25) is 0 Å². The SMILES string of the molecule is CCCS(=O)(=O)Nc1ccc(F)cc1C. The highest BCUT2D eigenvalue weighted by molar-refractivity contribution is 7.92. The lowest BCUT2D eigenvalue weighted by atomic mass is 10.2. The van der Waals surface area contributed by atoms with Gasteiger partial charge in [-0.3, -0.25) is 4.72 Å². The van der Waals surface area contributed by atoms with Crippen molar-refractivity contribution in [2.45, 2.75) is 20.3 Å². The average molecular weight is 231 g/mol. The Kier molecular flexibility index (Phi) is 3.68. The Hall–Kier alpha value is -1.10. The van der Waals surface area contributed by atoms with Gasteiger partial charge < -0.3 is 0 Å². The fourth-order valence-electron chi connectivity index (χ4n) is 1.23. The first-order chi connectivity index (χ1) is 6.94. The second-order valence-corrected chi connectivity index (χ2v) is 5.22. The Morgan fingerprint density at radius 3 is 2.60 bits per heavy atom. The van der Waals surface area contributed by atoms with Crippen molar-refractivity contribution in [1.82, 2.24) is 0 Å². The number of benzene rings is 1. The van der Waals surface area contributed by atoms with E-state index in [1.165, 1.54) is 18.2 Å².